The minimum atomic E-state index is 0.0699. The third-order valence-corrected chi connectivity index (χ3v) is 3.21. The number of nitrogen functional groups attached to an aromatic ring is 1. The molecule has 0 bridgehead atoms. The molecule has 0 unspecified atom stereocenters. The summed E-state index contributed by atoms with van der Waals surface area (Å²) >= 11 is 3.51. The summed E-state index contributed by atoms with van der Waals surface area (Å²) in [6.45, 7) is 10.2. The fourth-order valence-corrected chi connectivity index (χ4v) is 2.14. The normalized spacial score (nSPS) is 11.6. The van der Waals surface area contributed by atoms with E-state index in [1.165, 1.54) is 5.56 Å². The summed E-state index contributed by atoms with van der Waals surface area (Å²) < 4.78 is 11.8. The molecule has 0 radical (unpaired) electrons. The zero-order valence-electron chi connectivity index (χ0n) is 11.5. The van der Waals surface area contributed by atoms with E-state index in [4.69, 9.17) is 15.2 Å². The van der Waals surface area contributed by atoms with Crippen molar-refractivity contribution in [1.29, 1.82) is 0 Å². The molecular formula is C14H22BrNO2. The maximum Gasteiger partial charge on any atom is 0.156 e. The van der Waals surface area contributed by atoms with Gasteiger partial charge in [-0.15, -0.1) is 0 Å². The van der Waals surface area contributed by atoms with Crippen molar-refractivity contribution in [2.24, 2.45) is 0 Å². The minimum Gasteiger partial charge on any atom is -0.488 e. The van der Waals surface area contributed by atoms with E-state index < -0.39 is 0 Å². The highest BCUT2D eigenvalue weighted by molar-refractivity contribution is 9.10. The molecular weight excluding hydrogens is 294 g/mol. The fourth-order valence-electron chi connectivity index (χ4n) is 1.55. The highest BCUT2D eigenvalue weighted by atomic mass is 79.9. The molecule has 102 valence electrons. The Morgan fingerprint density at radius 2 is 1.89 bits per heavy atom. The number of nitrogens with two attached hydrogens (primary N) is 1. The zero-order chi connectivity index (χ0) is 13.8. The maximum atomic E-state index is 6.04. The highest BCUT2D eigenvalue weighted by Crippen LogP contribution is 2.36. The summed E-state index contributed by atoms with van der Waals surface area (Å²) in [6.07, 6.45) is 0. The number of ether oxygens (including phenoxy) is 2. The van der Waals surface area contributed by atoms with E-state index >= 15 is 0 Å². The molecule has 1 aromatic carbocycles. The second kappa shape index (κ2) is 6.43. The lowest BCUT2D eigenvalue weighted by molar-refractivity contribution is 0.110. The van der Waals surface area contributed by atoms with Crippen molar-refractivity contribution >= 4 is 21.6 Å². The van der Waals surface area contributed by atoms with Gasteiger partial charge in [-0.05, 0) is 46.0 Å². The van der Waals surface area contributed by atoms with Crippen LogP contribution in [-0.4, -0.2) is 19.8 Å². The van der Waals surface area contributed by atoms with Crippen LogP contribution in [0, 0.1) is 0 Å². The monoisotopic (exact) mass is 315 g/mol. The molecule has 0 spiro atoms. The molecule has 4 heteroatoms. The maximum absolute atomic E-state index is 6.04. The Morgan fingerprint density at radius 3 is 2.39 bits per heavy atom. The van der Waals surface area contributed by atoms with E-state index in [0.29, 0.717) is 31.3 Å². The molecule has 0 aliphatic heterocycles. The average molecular weight is 316 g/mol. The second-order valence-electron chi connectivity index (χ2n) is 5.17. The first-order chi connectivity index (χ1) is 8.36. The van der Waals surface area contributed by atoms with Crippen LogP contribution < -0.4 is 10.5 Å². The number of benzene rings is 1. The standard InChI is InChI=1S/C14H22BrNO2/c1-5-17-6-7-18-13-11(15)8-10(9-12(13)16)14(2,3)4/h8-9H,5-7,16H2,1-4H3. The van der Waals surface area contributed by atoms with Gasteiger partial charge in [-0.2, -0.15) is 0 Å². The first kappa shape index (κ1) is 15.3. The topological polar surface area (TPSA) is 44.5 Å². The van der Waals surface area contributed by atoms with Crippen LogP contribution in [0.2, 0.25) is 0 Å². The second-order valence-corrected chi connectivity index (χ2v) is 6.03. The summed E-state index contributed by atoms with van der Waals surface area (Å²) in [7, 11) is 0. The van der Waals surface area contributed by atoms with Crippen molar-refractivity contribution in [3.8, 4) is 5.75 Å². The van der Waals surface area contributed by atoms with E-state index in [9.17, 15) is 0 Å². The van der Waals surface area contributed by atoms with Crippen molar-refractivity contribution < 1.29 is 9.47 Å². The van der Waals surface area contributed by atoms with Gasteiger partial charge in [-0.3, -0.25) is 0 Å². The van der Waals surface area contributed by atoms with Crippen LogP contribution in [0.4, 0.5) is 5.69 Å². The Labute approximate surface area is 118 Å². The van der Waals surface area contributed by atoms with Crippen molar-refractivity contribution in [3.63, 3.8) is 0 Å². The predicted octanol–water partition coefficient (Wildman–Crippen LogP) is 3.74. The van der Waals surface area contributed by atoms with Crippen LogP contribution in [0.5, 0.6) is 5.75 Å². The number of hydrogen-bond donors (Lipinski definition) is 1. The smallest absolute Gasteiger partial charge is 0.156 e. The van der Waals surface area contributed by atoms with Gasteiger partial charge in [0.2, 0.25) is 0 Å². The van der Waals surface area contributed by atoms with E-state index in [0.717, 1.165) is 4.47 Å². The molecule has 0 amide bonds. The molecule has 0 heterocycles. The first-order valence-corrected chi connectivity index (χ1v) is 6.95. The molecule has 0 saturated carbocycles. The van der Waals surface area contributed by atoms with Crippen molar-refractivity contribution in [3.05, 3.63) is 22.2 Å². The molecule has 0 aliphatic carbocycles. The van der Waals surface area contributed by atoms with Crippen LogP contribution in [0.3, 0.4) is 0 Å². The molecule has 1 rings (SSSR count). The summed E-state index contributed by atoms with van der Waals surface area (Å²) in [5, 5.41) is 0. The third kappa shape index (κ3) is 4.18. The Bertz CT molecular complexity index is 376. The number of anilines is 1. The van der Waals surface area contributed by atoms with E-state index in [2.05, 4.69) is 42.8 Å². The van der Waals surface area contributed by atoms with E-state index in [1.807, 2.05) is 13.0 Å². The van der Waals surface area contributed by atoms with Gasteiger partial charge >= 0.3 is 0 Å². The molecule has 18 heavy (non-hydrogen) atoms. The molecule has 0 aliphatic rings. The van der Waals surface area contributed by atoms with Gasteiger partial charge in [0.1, 0.15) is 6.61 Å². The molecule has 2 N–H and O–H groups in total. The summed E-state index contributed by atoms with van der Waals surface area (Å²) in [4.78, 5) is 0. The fraction of sp³-hybridized carbons (Fsp3) is 0.571. The molecule has 1 aromatic rings. The van der Waals surface area contributed by atoms with E-state index in [-0.39, 0.29) is 5.41 Å². The van der Waals surface area contributed by atoms with E-state index in [1.54, 1.807) is 0 Å². The van der Waals surface area contributed by atoms with Gasteiger partial charge in [-0.25, -0.2) is 0 Å². The summed E-state index contributed by atoms with van der Waals surface area (Å²) in [6, 6.07) is 4.03. The Hall–Kier alpha value is -0.740. The minimum absolute atomic E-state index is 0.0699. The Balaban J connectivity index is 2.82. The van der Waals surface area contributed by atoms with Crippen LogP contribution in [0.1, 0.15) is 33.3 Å². The number of rotatable bonds is 5. The zero-order valence-corrected chi connectivity index (χ0v) is 13.1. The van der Waals surface area contributed by atoms with Gasteiger partial charge in [0, 0.05) is 6.61 Å². The lowest BCUT2D eigenvalue weighted by Gasteiger charge is -2.21. The van der Waals surface area contributed by atoms with Gasteiger partial charge in [-0.1, -0.05) is 20.8 Å². The summed E-state index contributed by atoms with van der Waals surface area (Å²) in [5.41, 5.74) is 7.95. The average Bonchev–Trinajstić information content (AvgIpc) is 2.25. The third-order valence-electron chi connectivity index (χ3n) is 2.62. The van der Waals surface area contributed by atoms with Crippen LogP contribution in [0.15, 0.2) is 16.6 Å². The molecule has 0 fully saturated rings. The quantitative estimate of drug-likeness (QED) is 0.665. The molecule has 0 saturated heterocycles. The van der Waals surface area contributed by atoms with Gasteiger partial charge in [0.15, 0.2) is 5.75 Å². The van der Waals surface area contributed by atoms with Crippen LogP contribution in [-0.2, 0) is 10.2 Å². The summed E-state index contributed by atoms with van der Waals surface area (Å²) in [5.74, 6) is 0.697. The highest BCUT2D eigenvalue weighted by Gasteiger charge is 2.17. The molecule has 0 aromatic heterocycles. The van der Waals surface area contributed by atoms with Crippen molar-refractivity contribution in [1.82, 2.24) is 0 Å². The van der Waals surface area contributed by atoms with Crippen molar-refractivity contribution in [2.75, 3.05) is 25.6 Å². The predicted molar refractivity (Wildman–Crippen MR) is 79.2 cm³/mol. The Morgan fingerprint density at radius 1 is 1.22 bits per heavy atom. The number of hydrogen-bond acceptors (Lipinski definition) is 3. The largest absolute Gasteiger partial charge is 0.488 e. The lowest BCUT2D eigenvalue weighted by Crippen LogP contribution is -2.13. The van der Waals surface area contributed by atoms with Crippen molar-refractivity contribution in [2.45, 2.75) is 33.1 Å². The molecule has 3 nitrogen and oxygen atoms in total. The van der Waals surface area contributed by atoms with Crippen LogP contribution >= 0.6 is 15.9 Å². The molecule has 0 atom stereocenters. The first-order valence-electron chi connectivity index (χ1n) is 6.16. The van der Waals surface area contributed by atoms with Gasteiger partial charge < -0.3 is 15.2 Å². The van der Waals surface area contributed by atoms with Gasteiger partial charge in [0.05, 0.1) is 16.8 Å². The Kier molecular flexibility index (Phi) is 5.47. The van der Waals surface area contributed by atoms with Gasteiger partial charge in [0.25, 0.3) is 0 Å². The van der Waals surface area contributed by atoms with Crippen LogP contribution in [0.25, 0.3) is 0 Å². The lowest BCUT2D eigenvalue weighted by atomic mass is 9.87. The SMILES string of the molecule is CCOCCOc1c(N)cc(C(C)(C)C)cc1Br. The number of halogens is 1.